The zero-order valence-electron chi connectivity index (χ0n) is 10.4. The molecule has 0 bridgehead atoms. The van der Waals surface area contributed by atoms with Crippen LogP contribution in [0.4, 0.5) is 0 Å². The summed E-state index contributed by atoms with van der Waals surface area (Å²) in [6.07, 6.45) is 1.24. The number of nitrogens with one attached hydrogen (secondary N) is 1. The Labute approximate surface area is 93.9 Å². The minimum Gasteiger partial charge on any atom is -0.310 e. The van der Waals surface area contributed by atoms with E-state index < -0.39 is 0 Å². The highest BCUT2D eigenvalue weighted by Gasteiger charge is 2.09. The van der Waals surface area contributed by atoms with Gasteiger partial charge in [0.1, 0.15) is 0 Å². The van der Waals surface area contributed by atoms with Crippen molar-refractivity contribution in [2.45, 2.75) is 46.7 Å². The second kappa shape index (κ2) is 5.92. The quantitative estimate of drug-likeness (QED) is 0.775. The third kappa shape index (κ3) is 3.67. The van der Waals surface area contributed by atoms with Gasteiger partial charge in [-0.15, -0.1) is 0 Å². The molecule has 0 saturated heterocycles. The first kappa shape index (κ1) is 12.3. The van der Waals surface area contributed by atoms with Gasteiger partial charge in [-0.2, -0.15) is 0 Å². The summed E-state index contributed by atoms with van der Waals surface area (Å²) in [6, 6.07) is 9.17. The molecule has 0 aliphatic carbocycles. The van der Waals surface area contributed by atoms with Crippen molar-refractivity contribution in [2.24, 2.45) is 5.92 Å². The third-order valence-corrected chi connectivity index (χ3v) is 3.37. The van der Waals surface area contributed by atoms with Crippen molar-refractivity contribution < 1.29 is 0 Å². The Morgan fingerprint density at radius 3 is 2.47 bits per heavy atom. The van der Waals surface area contributed by atoms with Crippen molar-refractivity contribution in [3.05, 3.63) is 35.4 Å². The predicted molar refractivity (Wildman–Crippen MR) is 66.9 cm³/mol. The largest absolute Gasteiger partial charge is 0.310 e. The van der Waals surface area contributed by atoms with Crippen LogP contribution in [0.2, 0.25) is 0 Å². The molecular formula is C14H23N. The van der Waals surface area contributed by atoms with Gasteiger partial charge in [0.15, 0.2) is 0 Å². The molecule has 15 heavy (non-hydrogen) atoms. The molecule has 0 aliphatic rings. The zero-order valence-corrected chi connectivity index (χ0v) is 10.4. The zero-order chi connectivity index (χ0) is 11.3. The molecule has 1 aromatic carbocycles. The molecule has 1 nitrogen and oxygen atoms in total. The lowest BCUT2D eigenvalue weighted by Gasteiger charge is -2.20. The Balaban J connectivity index is 2.47. The number of aryl methyl sites for hydroxylation is 1. The highest BCUT2D eigenvalue weighted by molar-refractivity contribution is 5.25. The van der Waals surface area contributed by atoms with E-state index in [-0.39, 0.29) is 0 Å². The van der Waals surface area contributed by atoms with E-state index in [0.717, 1.165) is 12.5 Å². The summed E-state index contributed by atoms with van der Waals surface area (Å²) in [5, 5.41) is 3.59. The standard InChI is InChI=1S/C14H23N/c1-5-11(2)13(4)15-10-14-9-7-6-8-12(14)3/h6-9,11,13,15H,5,10H2,1-4H3/t11-,13-/m0/s1. The molecule has 0 spiro atoms. The summed E-state index contributed by atoms with van der Waals surface area (Å²) in [5.74, 6) is 0.744. The predicted octanol–water partition coefficient (Wildman–Crippen LogP) is 3.52. The van der Waals surface area contributed by atoms with Crippen LogP contribution in [0.3, 0.4) is 0 Å². The topological polar surface area (TPSA) is 12.0 Å². The maximum atomic E-state index is 3.59. The molecule has 0 aliphatic heterocycles. The van der Waals surface area contributed by atoms with Gasteiger partial charge in [0.05, 0.1) is 0 Å². The number of hydrogen-bond donors (Lipinski definition) is 1. The van der Waals surface area contributed by atoms with E-state index in [1.165, 1.54) is 17.5 Å². The van der Waals surface area contributed by atoms with Gasteiger partial charge in [-0.05, 0) is 30.9 Å². The van der Waals surface area contributed by atoms with E-state index in [1.807, 2.05) is 0 Å². The SMILES string of the molecule is CC[C@H](C)[C@H](C)NCc1ccccc1C. The monoisotopic (exact) mass is 205 g/mol. The van der Waals surface area contributed by atoms with E-state index in [2.05, 4.69) is 57.3 Å². The normalized spacial score (nSPS) is 14.9. The number of hydrogen-bond acceptors (Lipinski definition) is 1. The second-order valence-corrected chi connectivity index (χ2v) is 4.48. The van der Waals surface area contributed by atoms with E-state index >= 15 is 0 Å². The average Bonchev–Trinajstić information content (AvgIpc) is 2.26. The van der Waals surface area contributed by atoms with Gasteiger partial charge < -0.3 is 5.32 Å². The van der Waals surface area contributed by atoms with Crippen LogP contribution in [0.5, 0.6) is 0 Å². The summed E-state index contributed by atoms with van der Waals surface area (Å²) in [6.45, 7) is 9.97. The van der Waals surface area contributed by atoms with Gasteiger partial charge in [-0.25, -0.2) is 0 Å². The molecule has 0 aromatic heterocycles. The highest BCUT2D eigenvalue weighted by Crippen LogP contribution is 2.10. The minimum absolute atomic E-state index is 0.592. The van der Waals surface area contributed by atoms with Crippen LogP contribution >= 0.6 is 0 Å². The Morgan fingerprint density at radius 2 is 1.87 bits per heavy atom. The molecule has 1 N–H and O–H groups in total. The van der Waals surface area contributed by atoms with Crippen LogP contribution in [0.15, 0.2) is 24.3 Å². The Kier molecular flexibility index (Phi) is 4.83. The number of rotatable bonds is 5. The fourth-order valence-corrected chi connectivity index (χ4v) is 1.63. The van der Waals surface area contributed by atoms with Crippen LogP contribution in [0, 0.1) is 12.8 Å². The maximum absolute atomic E-state index is 3.59. The molecule has 0 radical (unpaired) electrons. The van der Waals surface area contributed by atoms with Gasteiger partial charge >= 0.3 is 0 Å². The summed E-state index contributed by atoms with van der Waals surface area (Å²) in [5.41, 5.74) is 2.79. The molecule has 0 heterocycles. The molecular weight excluding hydrogens is 182 g/mol. The van der Waals surface area contributed by atoms with Gasteiger partial charge in [0.25, 0.3) is 0 Å². The number of benzene rings is 1. The first-order chi connectivity index (χ1) is 7.15. The average molecular weight is 205 g/mol. The molecule has 0 amide bonds. The highest BCUT2D eigenvalue weighted by atomic mass is 14.9. The van der Waals surface area contributed by atoms with Crippen LogP contribution < -0.4 is 5.32 Å². The van der Waals surface area contributed by atoms with Crippen LogP contribution in [-0.4, -0.2) is 6.04 Å². The van der Waals surface area contributed by atoms with E-state index in [1.54, 1.807) is 0 Å². The fourth-order valence-electron chi connectivity index (χ4n) is 1.63. The fraction of sp³-hybridized carbons (Fsp3) is 0.571. The van der Waals surface area contributed by atoms with Crippen LogP contribution in [0.25, 0.3) is 0 Å². The molecule has 1 heteroatoms. The van der Waals surface area contributed by atoms with Gasteiger partial charge in [-0.1, -0.05) is 44.5 Å². The van der Waals surface area contributed by atoms with Crippen molar-refractivity contribution in [3.63, 3.8) is 0 Å². The molecule has 1 aromatic rings. The van der Waals surface area contributed by atoms with Crippen molar-refractivity contribution in [1.29, 1.82) is 0 Å². The van der Waals surface area contributed by atoms with Crippen LogP contribution in [0.1, 0.15) is 38.3 Å². The smallest absolute Gasteiger partial charge is 0.0210 e. The van der Waals surface area contributed by atoms with Crippen LogP contribution in [-0.2, 0) is 6.54 Å². The molecule has 0 saturated carbocycles. The lowest BCUT2D eigenvalue weighted by Crippen LogP contribution is -2.31. The molecule has 1 rings (SSSR count). The minimum atomic E-state index is 0.592. The van der Waals surface area contributed by atoms with Gasteiger partial charge in [0.2, 0.25) is 0 Å². The molecule has 84 valence electrons. The third-order valence-electron chi connectivity index (χ3n) is 3.37. The van der Waals surface area contributed by atoms with Gasteiger partial charge in [0, 0.05) is 12.6 Å². The lowest BCUT2D eigenvalue weighted by molar-refractivity contribution is 0.389. The van der Waals surface area contributed by atoms with Crippen molar-refractivity contribution >= 4 is 0 Å². The summed E-state index contributed by atoms with van der Waals surface area (Å²) >= 11 is 0. The van der Waals surface area contributed by atoms with E-state index in [0.29, 0.717) is 6.04 Å². The Hall–Kier alpha value is -0.820. The Morgan fingerprint density at radius 1 is 1.20 bits per heavy atom. The second-order valence-electron chi connectivity index (χ2n) is 4.48. The summed E-state index contributed by atoms with van der Waals surface area (Å²) < 4.78 is 0. The maximum Gasteiger partial charge on any atom is 0.0210 e. The van der Waals surface area contributed by atoms with E-state index in [9.17, 15) is 0 Å². The summed E-state index contributed by atoms with van der Waals surface area (Å²) in [7, 11) is 0. The molecule has 2 atom stereocenters. The van der Waals surface area contributed by atoms with Crippen molar-refractivity contribution in [2.75, 3.05) is 0 Å². The van der Waals surface area contributed by atoms with Gasteiger partial charge in [-0.3, -0.25) is 0 Å². The van der Waals surface area contributed by atoms with E-state index in [4.69, 9.17) is 0 Å². The molecule has 0 unspecified atom stereocenters. The first-order valence-corrected chi connectivity index (χ1v) is 5.93. The molecule has 0 fully saturated rings. The lowest BCUT2D eigenvalue weighted by atomic mass is 10.0. The first-order valence-electron chi connectivity index (χ1n) is 5.93. The summed E-state index contributed by atoms with van der Waals surface area (Å²) in [4.78, 5) is 0. The van der Waals surface area contributed by atoms with Crippen molar-refractivity contribution in [3.8, 4) is 0 Å². The Bertz CT molecular complexity index is 293. The van der Waals surface area contributed by atoms with Crippen molar-refractivity contribution in [1.82, 2.24) is 5.32 Å².